The average molecular weight is 487 g/mol. The maximum absolute atomic E-state index is 13.6. The van der Waals surface area contributed by atoms with Crippen LogP contribution in [0.15, 0.2) is 36.4 Å². The molecule has 0 aromatic heterocycles. The third kappa shape index (κ3) is 5.19. The maximum Gasteiger partial charge on any atom is 0.257 e. The summed E-state index contributed by atoms with van der Waals surface area (Å²) < 4.78 is 35.1. The van der Waals surface area contributed by atoms with Gasteiger partial charge in [0.15, 0.2) is 11.5 Å². The topological polar surface area (TPSA) is 102 Å². The molecule has 1 heterocycles. The van der Waals surface area contributed by atoms with Gasteiger partial charge >= 0.3 is 0 Å². The molecule has 1 fully saturated rings. The number of nitrogens with one attached hydrogen (secondary N) is 1. The number of sulfone groups is 1. The van der Waals surface area contributed by atoms with Crippen LogP contribution in [0, 0.1) is 5.92 Å². The van der Waals surface area contributed by atoms with Crippen molar-refractivity contribution in [3.63, 3.8) is 0 Å². The smallest absolute Gasteiger partial charge is 0.257 e. The van der Waals surface area contributed by atoms with Crippen LogP contribution < -0.4 is 14.8 Å². The van der Waals surface area contributed by atoms with E-state index in [0.29, 0.717) is 35.9 Å². The predicted octanol–water partition coefficient (Wildman–Crippen LogP) is 3.57. The lowest BCUT2D eigenvalue weighted by molar-refractivity contribution is -0.117. The highest BCUT2D eigenvalue weighted by molar-refractivity contribution is 7.90. The first-order chi connectivity index (χ1) is 16.2. The number of benzene rings is 2. The summed E-state index contributed by atoms with van der Waals surface area (Å²) in [7, 11) is -1.70. The van der Waals surface area contributed by atoms with Crippen molar-refractivity contribution >= 4 is 27.3 Å². The third-order valence-corrected chi connectivity index (χ3v) is 7.16. The molecule has 0 bridgehead atoms. The van der Waals surface area contributed by atoms with Crippen LogP contribution in [-0.2, 0) is 21.2 Å². The first-order valence-corrected chi connectivity index (χ1v) is 13.5. The van der Waals surface area contributed by atoms with Gasteiger partial charge in [-0.2, -0.15) is 0 Å². The van der Waals surface area contributed by atoms with Gasteiger partial charge in [0.05, 0.1) is 36.8 Å². The van der Waals surface area contributed by atoms with Crippen LogP contribution >= 0.6 is 0 Å². The van der Waals surface area contributed by atoms with Crippen molar-refractivity contribution in [2.75, 3.05) is 31.0 Å². The molecule has 1 N–H and O–H groups in total. The number of rotatable bonds is 10. The van der Waals surface area contributed by atoms with E-state index in [1.54, 1.807) is 30.2 Å². The van der Waals surface area contributed by atoms with Gasteiger partial charge in [-0.1, -0.05) is 18.2 Å². The Kier molecular flexibility index (Phi) is 6.84. The Morgan fingerprint density at radius 1 is 1.21 bits per heavy atom. The van der Waals surface area contributed by atoms with Gasteiger partial charge in [0.25, 0.3) is 5.91 Å². The summed E-state index contributed by atoms with van der Waals surface area (Å²) in [6.45, 7) is 2.63. The van der Waals surface area contributed by atoms with E-state index in [-0.39, 0.29) is 29.9 Å². The lowest BCUT2D eigenvalue weighted by atomic mass is 10.0. The van der Waals surface area contributed by atoms with Crippen LogP contribution in [0.2, 0.25) is 0 Å². The molecule has 0 saturated heterocycles. The standard InChI is InChI=1S/C25H30N2O6S/c1-4-33-22-14-17(10-11-21(22)32-2)20(12-13-34(3,30)31)27-15-18-6-5-7-19(23(18)25(27)29)26-24(28)16-8-9-16/h5-7,10-11,14,16,20H,4,8-9,12-13,15H2,1-3H3,(H,26,28)/t20-/m0/s1. The summed E-state index contributed by atoms with van der Waals surface area (Å²) in [5.41, 5.74) is 2.55. The molecule has 1 atom stereocenters. The zero-order chi connectivity index (χ0) is 24.5. The van der Waals surface area contributed by atoms with Gasteiger partial charge in [-0.3, -0.25) is 9.59 Å². The molecule has 1 aliphatic heterocycles. The molecule has 34 heavy (non-hydrogen) atoms. The largest absolute Gasteiger partial charge is 0.493 e. The van der Waals surface area contributed by atoms with Crippen molar-refractivity contribution in [3.8, 4) is 11.5 Å². The van der Waals surface area contributed by atoms with Crippen molar-refractivity contribution in [2.24, 2.45) is 5.92 Å². The van der Waals surface area contributed by atoms with Crippen molar-refractivity contribution < 1.29 is 27.5 Å². The number of ether oxygens (including phenoxy) is 2. The zero-order valence-electron chi connectivity index (χ0n) is 19.7. The summed E-state index contributed by atoms with van der Waals surface area (Å²) in [5, 5.41) is 2.91. The average Bonchev–Trinajstić information content (AvgIpc) is 3.58. The Bertz CT molecular complexity index is 1210. The molecular formula is C25H30N2O6S. The Labute approximate surface area is 200 Å². The second-order valence-electron chi connectivity index (χ2n) is 8.81. The molecule has 0 unspecified atom stereocenters. The molecule has 0 spiro atoms. The van der Waals surface area contributed by atoms with Crippen LogP contribution in [0.3, 0.4) is 0 Å². The minimum absolute atomic E-state index is 0.0160. The summed E-state index contributed by atoms with van der Waals surface area (Å²) in [4.78, 5) is 27.7. The number of carbonyl (C=O) groups is 2. The summed E-state index contributed by atoms with van der Waals surface area (Å²) in [6, 6.07) is 10.3. The third-order valence-electron chi connectivity index (χ3n) is 6.18. The lowest BCUT2D eigenvalue weighted by Crippen LogP contribution is -2.31. The van der Waals surface area contributed by atoms with Crippen molar-refractivity contribution in [2.45, 2.75) is 38.8 Å². The number of amides is 2. The first kappa shape index (κ1) is 24.1. The molecule has 9 heteroatoms. The van der Waals surface area contributed by atoms with E-state index in [9.17, 15) is 18.0 Å². The first-order valence-electron chi connectivity index (χ1n) is 11.4. The van der Waals surface area contributed by atoms with Gasteiger partial charge < -0.3 is 19.7 Å². The maximum atomic E-state index is 13.6. The summed E-state index contributed by atoms with van der Waals surface area (Å²) in [5.74, 6) is 0.752. The number of nitrogens with zero attached hydrogens (tertiary/aromatic N) is 1. The SMILES string of the molecule is CCOc1cc([C@H](CCS(C)(=O)=O)N2Cc3cccc(NC(=O)C4CC4)c3C2=O)ccc1OC. The quantitative estimate of drug-likeness (QED) is 0.551. The van der Waals surface area contributed by atoms with Crippen LogP contribution in [0.1, 0.15) is 53.7 Å². The second kappa shape index (κ2) is 9.66. The molecular weight excluding hydrogens is 456 g/mol. The Morgan fingerprint density at radius 2 is 1.97 bits per heavy atom. The fourth-order valence-electron chi connectivity index (χ4n) is 4.32. The Morgan fingerprint density at radius 3 is 2.62 bits per heavy atom. The molecule has 1 aliphatic carbocycles. The molecule has 8 nitrogen and oxygen atoms in total. The molecule has 182 valence electrons. The van der Waals surface area contributed by atoms with E-state index in [1.807, 2.05) is 25.1 Å². The second-order valence-corrected chi connectivity index (χ2v) is 11.1. The zero-order valence-corrected chi connectivity index (χ0v) is 20.5. The van der Waals surface area contributed by atoms with E-state index in [2.05, 4.69) is 5.32 Å². The van der Waals surface area contributed by atoms with Crippen LogP contribution in [-0.4, -0.2) is 50.9 Å². The molecule has 2 aromatic carbocycles. The number of carbonyl (C=O) groups excluding carboxylic acids is 2. The van der Waals surface area contributed by atoms with E-state index >= 15 is 0 Å². The van der Waals surface area contributed by atoms with Crippen LogP contribution in [0.5, 0.6) is 11.5 Å². The van der Waals surface area contributed by atoms with Gasteiger partial charge in [0.1, 0.15) is 9.84 Å². The molecule has 2 aliphatic rings. The number of hydrogen-bond donors (Lipinski definition) is 1. The highest BCUT2D eigenvalue weighted by Crippen LogP contribution is 2.40. The van der Waals surface area contributed by atoms with E-state index in [4.69, 9.17) is 9.47 Å². The van der Waals surface area contributed by atoms with Crippen molar-refractivity contribution in [1.82, 2.24) is 4.90 Å². The van der Waals surface area contributed by atoms with Gasteiger partial charge in [-0.15, -0.1) is 0 Å². The van der Waals surface area contributed by atoms with E-state index in [1.165, 1.54) is 6.26 Å². The lowest BCUT2D eigenvalue weighted by Gasteiger charge is -2.29. The van der Waals surface area contributed by atoms with Gasteiger partial charge in [-0.25, -0.2) is 8.42 Å². The number of methoxy groups -OCH3 is 1. The van der Waals surface area contributed by atoms with Crippen molar-refractivity contribution in [1.29, 1.82) is 0 Å². The Hall–Kier alpha value is -3.07. The fourth-order valence-corrected chi connectivity index (χ4v) is 4.97. The van der Waals surface area contributed by atoms with Gasteiger partial charge in [0, 0.05) is 18.7 Å². The predicted molar refractivity (Wildman–Crippen MR) is 129 cm³/mol. The molecule has 2 amide bonds. The minimum Gasteiger partial charge on any atom is -0.493 e. The Balaban J connectivity index is 1.68. The normalized spacial score (nSPS) is 16.2. The summed E-state index contributed by atoms with van der Waals surface area (Å²) in [6.07, 6.45) is 3.16. The molecule has 2 aromatic rings. The van der Waals surface area contributed by atoms with Crippen LogP contribution in [0.4, 0.5) is 5.69 Å². The van der Waals surface area contributed by atoms with Gasteiger partial charge in [0.2, 0.25) is 5.91 Å². The molecule has 1 saturated carbocycles. The van der Waals surface area contributed by atoms with Crippen molar-refractivity contribution in [3.05, 3.63) is 53.1 Å². The number of hydrogen-bond acceptors (Lipinski definition) is 6. The van der Waals surface area contributed by atoms with Gasteiger partial charge in [-0.05, 0) is 55.5 Å². The fraction of sp³-hybridized carbons (Fsp3) is 0.440. The number of fused-ring (bicyclic) bond motifs is 1. The summed E-state index contributed by atoms with van der Waals surface area (Å²) >= 11 is 0. The van der Waals surface area contributed by atoms with Crippen LogP contribution in [0.25, 0.3) is 0 Å². The van der Waals surface area contributed by atoms with E-state index in [0.717, 1.165) is 24.0 Å². The molecule has 0 radical (unpaired) electrons. The monoisotopic (exact) mass is 486 g/mol. The highest BCUT2D eigenvalue weighted by Gasteiger charge is 2.37. The van der Waals surface area contributed by atoms with E-state index < -0.39 is 15.9 Å². The highest BCUT2D eigenvalue weighted by atomic mass is 32.2. The number of anilines is 1. The molecule has 4 rings (SSSR count). The minimum atomic E-state index is -3.25.